The van der Waals surface area contributed by atoms with Crippen LogP contribution >= 0.6 is 0 Å². The molecule has 1 unspecified atom stereocenters. The molecule has 0 saturated carbocycles. The van der Waals surface area contributed by atoms with E-state index in [2.05, 4.69) is 10.3 Å². The molecule has 122 valence electrons. The van der Waals surface area contributed by atoms with Crippen molar-refractivity contribution in [3.05, 3.63) is 36.5 Å². The van der Waals surface area contributed by atoms with Crippen LogP contribution in [0.1, 0.15) is 27.7 Å². The van der Waals surface area contributed by atoms with Gasteiger partial charge in [-0.3, -0.25) is 4.98 Å². The first-order valence-electron chi connectivity index (χ1n) is 7.31. The molecule has 1 aromatic heterocycles. The number of hydrogen-bond donors (Lipinski definition) is 1. The van der Waals surface area contributed by atoms with Crippen LogP contribution in [0.2, 0.25) is 0 Å². The Balaban J connectivity index is 2.04. The van der Waals surface area contributed by atoms with E-state index in [4.69, 9.17) is 9.47 Å². The Morgan fingerprint density at radius 2 is 1.87 bits per heavy atom. The van der Waals surface area contributed by atoms with E-state index in [1.807, 2.05) is 12.1 Å². The Morgan fingerprint density at radius 3 is 2.57 bits per heavy atom. The van der Waals surface area contributed by atoms with Gasteiger partial charge in [0.25, 0.3) is 0 Å². The predicted molar refractivity (Wildman–Crippen MR) is 86.2 cm³/mol. The van der Waals surface area contributed by atoms with E-state index >= 15 is 0 Å². The van der Waals surface area contributed by atoms with Crippen LogP contribution in [0.25, 0.3) is 10.9 Å². The maximum Gasteiger partial charge on any atom is 0.408 e. The number of nitrogens with one attached hydrogen (secondary N) is 1. The third-order valence-corrected chi connectivity index (χ3v) is 2.89. The van der Waals surface area contributed by atoms with E-state index in [1.54, 1.807) is 45.2 Å². The predicted octanol–water partition coefficient (Wildman–Crippen LogP) is 3.05. The van der Waals surface area contributed by atoms with Crippen LogP contribution < -0.4 is 10.1 Å². The fraction of sp³-hybridized carbons (Fsp3) is 0.353. The quantitative estimate of drug-likeness (QED) is 0.695. The zero-order valence-electron chi connectivity index (χ0n) is 13.6. The summed E-state index contributed by atoms with van der Waals surface area (Å²) in [5, 5.41) is 3.31. The van der Waals surface area contributed by atoms with Crippen molar-refractivity contribution in [3.63, 3.8) is 0 Å². The molecule has 0 saturated heterocycles. The van der Waals surface area contributed by atoms with Crippen LogP contribution in [0.5, 0.6) is 5.75 Å². The summed E-state index contributed by atoms with van der Waals surface area (Å²) in [6.07, 6.45) is 0.959. The number of pyridine rings is 1. The van der Waals surface area contributed by atoms with Gasteiger partial charge in [0.1, 0.15) is 17.2 Å². The van der Waals surface area contributed by atoms with Crippen LogP contribution in [0.15, 0.2) is 36.5 Å². The van der Waals surface area contributed by atoms with Crippen molar-refractivity contribution in [3.8, 4) is 5.75 Å². The summed E-state index contributed by atoms with van der Waals surface area (Å²) in [6, 6.07) is 8.15. The Morgan fingerprint density at radius 1 is 1.17 bits per heavy atom. The SMILES string of the molecule is CC(NC(=O)OC(C)(C)C)C(=O)Oc1cccc2cccnc12. The van der Waals surface area contributed by atoms with Crippen molar-refractivity contribution >= 4 is 23.0 Å². The van der Waals surface area contributed by atoms with Gasteiger partial charge in [0.2, 0.25) is 0 Å². The summed E-state index contributed by atoms with van der Waals surface area (Å²) < 4.78 is 10.5. The summed E-state index contributed by atoms with van der Waals surface area (Å²) in [7, 11) is 0. The molecule has 1 N–H and O–H groups in total. The number of fused-ring (bicyclic) bond motifs is 1. The maximum absolute atomic E-state index is 12.1. The first-order valence-corrected chi connectivity index (χ1v) is 7.31. The Labute approximate surface area is 134 Å². The van der Waals surface area contributed by atoms with Crippen molar-refractivity contribution in [2.75, 3.05) is 0 Å². The number of ether oxygens (including phenoxy) is 2. The summed E-state index contributed by atoms with van der Waals surface area (Å²) in [5.41, 5.74) is -0.0411. The number of alkyl carbamates (subject to hydrolysis) is 1. The molecular formula is C17H20N2O4. The molecule has 0 aliphatic heterocycles. The van der Waals surface area contributed by atoms with Gasteiger partial charge < -0.3 is 14.8 Å². The van der Waals surface area contributed by atoms with E-state index in [9.17, 15) is 9.59 Å². The zero-order chi connectivity index (χ0) is 17.0. The number of amides is 1. The first-order chi connectivity index (χ1) is 10.8. The minimum Gasteiger partial charge on any atom is -0.444 e. The molecule has 0 aliphatic rings. The Bertz CT molecular complexity index is 717. The minimum absolute atomic E-state index is 0.353. The van der Waals surface area contributed by atoms with E-state index in [-0.39, 0.29) is 0 Å². The van der Waals surface area contributed by atoms with Crippen LogP contribution in [-0.4, -0.2) is 28.7 Å². The number of rotatable bonds is 3. The lowest BCUT2D eigenvalue weighted by Crippen LogP contribution is -2.43. The second-order valence-corrected chi connectivity index (χ2v) is 6.12. The molecule has 1 amide bonds. The number of carbonyl (C=O) groups is 2. The average molecular weight is 316 g/mol. The highest BCUT2D eigenvalue weighted by Crippen LogP contribution is 2.23. The van der Waals surface area contributed by atoms with E-state index in [0.717, 1.165) is 5.39 Å². The second kappa shape index (κ2) is 6.64. The van der Waals surface area contributed by atoms with E-state index in [1.165, 1.54) is 6.92 Å². The molecule has 2 rings (SSSR count). The highest BCUT2D eigenvalue weighted by Gasteiger charge is 2.22. The van der Waals surface area contributed by atoms with Crippen LogP contribution in [-0.2, 0) is 9.53 Å². The third-order valence-electron chi connectivity index (χ3n) is 2.89. The standard InChI is InChI=1S/C17H20N2O4/c1-11(19-16(21)23-17(2,3)4)15(20)22-13-9-5-7-12-8-6-10-18-14(12)13/h5-11H,1-4H3,(H,19,21). The molecule has 6 heteroatoms. The Kier molecular flexibility index (Phi) is 4.83. The summed E-state index contributed by atoms with van der Waals surface area (Å²) >= 11 is 0. The van der Waals surface area contributed by atoms with E-state index < -0.39 is 23.7 Å². The van der Waals surface area contributed by atoms with Crippen LogP contribution in [0.3, 0.4) is 0 Å². The number of esters is 1. The third kappa shape index (κ3) is 4.67. The fourth-order valence-electron chi connectivity index (χ4n) is 1.90. The van der Waals surface area contributed by atoms with Gasteiger partial charge in [-0.05, 0) is 39.8 Å². The van der Waals surface area contributed by atoms with Gasteiger partial charge in [-0.2, -0.15) is 0 Å². The topological polar surface area (TPSA) is 77.5 Å². The molecule has 1 atom stereocenters. The molecule has 2 aromatic rings. The van der Waals surface area contributed by atoms with Crippen LogP contribution in [0, 0.1) is 0 Å². The van der Waals surface area contributed by atoms with Gasteiger partial charge in [0, 0.05) is 11.6 Å². The van der Waals surface area contributed by atoms with Gasteiger partial charge in [-0.1, -0.05) is 18.2 Å². The summed E-state index contributed by atoms with van der Waals surface area (Å²) in [6.45, 7) is 6.77. The maximum atomic E-state index is 12.1. The number of carbonyl (C=O) groups excluding carboxylic acids is 2. The highest BCUT2D eigenvalue weighted by atomic mass is 16.6. The lowest BCUT2D eigenvalue weighted by Gasteiger charge is -2.21. The largest absolute Gasteiger partial charge is 0.444 e. The number of para-hydroxylation sites is 1. The summed E-state index contributed by atoms with van der Waals surface area (Å²) in [4.78, 5) is 28.0. The number of nitrogens with zero attached hydrogens (tertiary/aromatic N) is 1. The van der Waals surface area contributed by atoms with Gasteiger partial charge >= 0.3 is 12.1 Å². The second-order valence-electron chi connectivity index (χ2n) is 6.12. The molecule has 1 heterocycles. The van der Waals surface area contributed by atoms with Crippen molar-refractivity contribution in [2.24, 2.45) is 0 Å². The zero-order valence-corrected chi connectivity index (χ0v) is 13.6. The lowest BCUT2D eigenvalue weighted by molar-refractivity contribution is -0.136. The normalized spacial score (nSPS) is 12.5. The fourth-order valence-corrected chi connectivity index (χ4v) is 1.90. The summed E-state index contributed by atoms with van der Waals surface area (Å²) in [5.74, 6) is -0.236. The number of aromatic nitrogens is 1. The molecule has 0 fully saturated rings. The van der Waals surface area contributed by atoms with Crippen LogP contribution in [0.4, 0.5) is 4.79 Å². The average Bonchev–Trinajstić information content (AvgIpc) is 2.45. The molecule has 1 aromatic carbocycles. The van der Waals surface area contributed by atoms with Gasteiger partial charge in [-0.25, -0.2) is 9.59 Å². The molecular weight excluding hydrogens is 296 g/mol. The minimum atomic E-state index is -0.844. The molecule has 0 bridgehead atoms. The smallest absolute Gasteiger partial charge is 0.408 e. The van der Waals surface area contributed by atoms with Crippen molar-refractivity contribution in [1.29, 1.82) is 0 Å². The number of benzene rings is 1. The number of hydrogen-bond acceptors (Lipinski definition) is 5. The van der Waals surface area contributed by atoms with Gasteiger partial charge in [-0.15, -0.1) is 0 Å². The molecule has 23 heavy (non-hydrogen) atoms. The van der Waals surface area contributed by atoms with Crippen molar-refractivity contribution < 1.29 is 19.1 Å². The van der Waals surface area contributed by atoms with Gasteiger partial charge in [0.15, 0.2) is 5.75 Å². The van der Waals surface area contributed by atoms with E-state index in [0.29, 0.717) is 11.3 Å². The molecule has 0 radical (unpaired) electrons. The monoisotopic (exact) mass is 316 g/mol. The first kappa shape index (κ1) is 16.7. The molecule has 0 aliphatic carbocycles. The van der Waals surface area contributed by atoms with Crippen molar-refractivity contribution in [1.82, 2.24) is 10.3 Å². The molecule has 0 spiro atoms. The highest BCUT2D eigenvalue weighted by molar-refractivity contribution is 5.89. The van der Waals surface area contributed by atoms with Gasteiger partial charge in [0.05, 0.1) is 0 Å². The molecule has 6 nitrogen and oxygen atoms in total. The van der Waals surface area contributed by atoms with Crippen molar-refractivity contribution in [2.45, 2.75) is 39.3 Å². The Hall–Kier alpha value is -2.63. The lowest BCUT2D eigenvalue weighted by atomic mass is 10.2.